The minimum absolute atomic E-state index is 0.0108. The number of rotatable bonds is 5. The highest BCUT2D eigenvalue weighted by molar-refractivity contribution is 5.96. The maximum Gasteiger partial charge on any atom is 0.339 e. The molecule has 3 heterocycles. The molecule has 1 saturated carbocycles. The van der Waals surface area contributed by atoms with Gasteiger partial charge < -0.3 is 23.4 Å². The van der Waals surface area contributed by atoms with Gasteiger partial charge in [0.1, 0.15) is 17.1 Å². The summed E-state index contributed by atoms with van der Waals surface area (Å²) in [5, 5.41) is 0. The van der Waals surface area contributed by atoms with Crippen LogP contribution in [0.4, 0.5) is 0 Å². The molecule has 9 nitrogen and oxygen atoms in total. The average Bonchev–Trinajstić information content (AvgIpc) is 3.43. The van der Waals surface area contributed by atoms with Crippen molar-refractivity contribution in [3.8, 4) is 0 Å². The van der Waals surface area contributed by atoms with E-state index < -0.39 is 69.2 Å². The molecule has 8 atom stereocenters. The van der Waals surface area contributed by atoms with E-state index in [-0.39, 0.29) is 12.4 Å². The number of ether oxygens (including phenoxy) is 4. The largest absolute Gasteiger partial charge is 0.472 e. The van der Waals surface area contributed by atoms with Gasteiger partial charge in [-0.3, -0.25) is 14.4 Å². The van der Waals surface area contributed by atoms with Gasteiger partial charge in [0, 0.05) is 29.2 Å². The van der Waals surface area contributed by atoms with E-state index in [1.54, 1.807) is 18.4 Å². The molecule has 1 aromatic rings. The summed E-state index contributed by atoms with van der Waals surface area (Å²) in [7, 11) is 1.34. The van der Waals surface area contributed by atoms with Crippen molar-refractivity contribution >= 4 is 23.7 Å². The van der Waals surface area contributed by atoms with Gasteiger partial charge in [0.2, 0.25) is 0 Å². The van der Waals surface area contributed by atoms with E-state index in [9.17, 15) is 19.2 Å². The predicted molar refractivity (Wildman–Crippen MR) is 132 cm³/mol. The zero-order chi connectivity index (χ0) is 27.9. The lowest BCUT2D eigenvalue weighted by Gasteiger charge is -2.62. The van der Waals surface area contributed by atoms with Crippen molar-refractivity contribution in [2.75, 3.05) is 13.7 Å². The normalized spacial score (nSPS) is 42.9. The van der Waals surface area contributed by atoms with Crippen LogP contribution in [-0.4, -0.2) is 49.1 Å². The quantitative estimate of drug-likeness (QED) is 0.317. The van der Waals surface area contributed by atoms with E-state index in [2.05, 4.69) is 0 Å². The molecule has 38 heavy (non-hydrogen) atoms. The number of ketones is 1. The fraction of sp³-hybridized carbons (Fsp3) is 0.655. The van der Waals surface area contributed by atoms with E-state index >= 15 is 0 Å². The number of methoxy groups -OCH3 is 1. The second-order valence-corrected chi connectivity index (χ2v) is 12.5. The lowest BCUT2D eigenvalue weighted by atomic mass is 9.40. The minimum Gasteiger partial charge on any atom is -0.472 e. The number of esters is 3. The lowest BCUT2D eigenvalue weighted by molar-refractivity contribution is -0.213. The number of furan rings is 1. The standard InChI is InChI=1S/C29H36O9/c1-16(30)36-15-19-25(2,3)20(31)9-11-26(19,4)18-8-12-27(5)21(17-10-13-35-14-17)37-23(32)22-29(27,38-22)28(18,6)24(33)34-7/h9-11,13-14,18-19,21-22H,8,12,15H2,1-7H3/t18-,19-,21+,22-,26-,27+,28+,29-/m1/s1. The molecular formula is C29H36O9. The van der Waals surface area contributed by atoms with Gasteiger partial charge in [-0.05, 0) is 43.2 Å². The minimum atomic E-state index is -1.30. The molecule has 2 aliphatic carbocycles. The van der Waals surface area contributed by atoms with E-state index in [0.717, 1.165) is 0 Å². The third kappa shape index (κ3) is 3.14. The summed E-state index contributed by atoms with van der Waals surface area (Å²) in [6, 6.07) is 1.76. The Hall–Kier alpha value is -2.94. The van der Waals surface area contributed by atoms with Gasteiger partial charge in [-0.25, -0.2) is 4.79 Å². The van der Waals surface area contributed by atoms with Gasteiger partial charge in [-0.2, -0.15) is 0 Å². The maximum absolute atomic E-state index is 14.0. The van der Waals surface area contributed by atoms with Gasteiger partial charge in [0.05, 0.1) is 26.2 Å². The first-order valence-corrected chi connectivity index (χ1v) is 13.1. The average molecular weight is 529 g/mol. The molecule has 0 N–H and O–H groups in total. The lowest BCUT2D eigenvalue weighted by Crippen LogP contribution is -2.69. The molecule has 2 saturated heterocycles. The first-order valence-electron chi connectivity index (χ1n) is 13.1. The highest BCUT2D eigenvalue weighted by atomic mass is 16.7. The molecule has 206 valence electrons. The van der Waals surface area contributed by atoms with Crippen molar-refractivity contribution in [1.29, 1.82) is 0 Å². The smallest absolute Gasteiger partial charge is 0.339 e. The molecule has 0 radical (unpaired) electrons. The molecule has 9 heteroatoms. The van der Waals surface area contributed by atoms with Crippen molar-refractivity contribution in [1.82, 2.24) is 0 Å². The van der Waals surface area contributed by atoms with Crippen LogP contribution < -0.4 is 0 Å². The van der Waals surface area contributed by atoms with Crippen LogP contribution >= 0.6 is 0 Å². The van der Waals surface area contributed by atoms with Crippen LogP contribution in [0.15, 0.2) is 35.2 Å². The van der Waals surface area contributed by atoms with E-state index in [4.69, 9.17) is 23.4 Å². The third-order valence-electron chi connectivity index (χ3n) is 10.4. The molecule has 0 unspecified atom stereocenters. The van der Waals surface area contributed by atoms with Crippen molar-refractivity contribution < 1.29 is 42.5 Å². The topological polar surface area (TPSA) is 122 Å². The summed E-state index contributed by atoms with van der Waals surface area (Å²) in [6.07, 6.45) is 6.01. The Balaban J connectivity index is 1.68. The number of epoxide rings is 1. The zero-order valence-electron chi connectivity index (χ0n) is 23.0. The van der Waals surface area contributed by atoms with Gasteiger partial charge in [0.25, 0.3) is 0 Å². The SMILES string of the molecule is COC(=O)[C@]1(C)[C@@H]([C@@]2(C)C=CC(=O)C(C)(C)[C@H]2COC(C)=O)CC[C@@]2(C)[C@H](c3ccoc3)OC(=O)[C@H]3O[C@]321. The monoisotopic (exact) mass is 528 g/mol. The second kappa shape index (κ2) is 8.28. The van der Waals surface area contributed by atoms with E-state index in [0.29, 0.717) is 18.4 Å². The van der Waals surface area contributed by atoms with Gasteiger partial charge in [-0.15, -0.1) is 0 Å². The molecule has 0 amide bonds. The molecule has 1 spiro atoms. The summed E-state index contributed by atoms with van der Waals surface area (Å²) in [4.78, 5) is 52.1. The molecule has 5 rings (SSSR count). The summed E-state index contributed by atoms with van der Waals surface area (Å²) in [5.74, 6) is -2.40. The Morgan fingerprint density at radius 1 is 1.11 bits per heavy atom. The predicted octanol–water partition coefficient (Wildman–Crippen LogP) is 3.96. The number of carbonyl (C=O) groups excluding carboxylic acids is 4. The number of allylic oxidation sites excluding steroid dienone is 2. The van der Waals surface area contributed by atoms with E-state index in [1.165, 1.54) is 20.3 Å². The Kier molecular flexibility index (Phi) is 5.81. The van der Waals surface area contributed by atoms with Crippen molar-refractivity contribution in [2.45, 2.75) is 72.2 Å². The van der Waals surface area contributed by atoms with Gasteiger partial charge in [-0.1, -0.05) is 33.8 Å². The molecule has 2 aliphatic heterocycles. The van der Waals surface area contributed by atoms with E-state index in [1.807, 2.05) is 40.7 Å². The third-order valence-corrected chi connectivity index (χ3v) is 10.4. The van der Waals surface area contributed by atoms with Crippen LogP contribution in [-0.2, 0) is 38.1 Å². The maximum atomic E-state index is 14.0. The van der Waals surface area contributed by atoms with Crippen LogP contribution in [0, 0.1) is 33.5 Å². The molecule has 4 aliphatic rings. The van der Waals surface area contributed by atoms with Crippen LogP contribution in [0.25, 0.3) is 0 Å². The summed E-state index contributed by atoms with van der Waals surface area (Å²) < 4.78 is 28.5. The Labute approximate surface area is 222 Å². The van der Waals surface area contributed by atoms with Crippen molar-refractivity contribution in [3.63, 3.8) is 0 Å². The van der Waals surface area contributed by atoms with Gasteiger partial charge >= 0.3 is 17.9 Å². The first-order chi connectivity index (χ1) is 17.7. The summed E-state index contributed by atoms with van der Waals surface area (Å²) in [5.41, 5.74) is -4.23. The molecule has 0 aromatic carbocycles. The Morgan fingerprint density at radius 2 is 1.82 bits per heavy atom. The number of hydrogen-bond acceptors (Lipinski definition) is 9. The fourth-order valence-electron chi connectivity index (χ4n) is 8.38. The number of carbonyl (C=O) groups is 4. The number of cyclic esters (lactones) is 1. The molecular weight excluding hydrogens is 492 g/mol. The Morgan fingerprint density at radius 3 is 2.42 bits per heavy atom. The highest BCUT2D eigenvalue weighted by Crippen LogP contribution is 2.76. The van der Waals surface area contributed by atoms with Crippen LogP contribution in [0.5, 0.6) is 0 Å². The van der Waals surface area contributed by atoms with Crippen LogP contribution in [0.3, 0.4) is 0 Å². The summed E-state index contributed by atoms with van der Waals surface area (Å²) in [6.45, 7) is 10.8. The Bertz CT molecular complexity index is 1210. The molecule has 0 bridgehead atoms. The molecule has 3 fully saturated rings. The van der Waals surface area contributed by atoms with Crippen LogP contribution in [0.1, 0.15) is 66.1 Å². The zero-order valence-corrected chi connectivity index (χ0v) is 23.0. The first kappa shape index (κ1) is 26.7. The number of hydrogen-bond donors (Lipinski definition) is 0. The summed E-state index contributed by atoms with van der Waals surface area (Å²) >= 11 is 0. The van der Waals surface area contributed by atoms with Crippen molar-refractivity contribution in [2.24, 2.45) is 33.5 Å². The van der Waals surface area contributed by atoms with Crippen molar-refractivity contribution in [3.05, 3.63) is 36.3 Å². The molecule has 1 aromatic heterocycles. The second-order valence-electron chi connectivity index (χ2n) is 12.5. The van der Waals surface area contributed by atoms with Crippen LogP contribution in [0.2, 0.25) is 0 Å². The highest BCUT2D eigenvalue weighted by Gasteiger charge is 2.88. The van der Waals surface area contributed by atoms with Gasteiger partial charge in [0.15, 0.2) is 11.9 Å². The fourth-order valence-corrected chi connectivity index (χ4v) is 8.38.